The first kappa shape index (κ1) is 20.8. The van der Waals surface area contributed by atoms with Gasteiger partial charge in [0.15, 0.2) is 11.5 Å². The molecular formula is C22H20FN5O2S. The van der Waals surface area contributed by atoms with Crippen LogP contribution in [0.25, 0.3) is 17.0 Å². The summed E-state index contributed by atoms with van der Waals surface area (Å²) in [5.41, 5.74) is 2.41. The van der Waals surface area contributed by atoms with Gasteiger partial charge < -0.3 is 10.1 Å². The SMILES string of the molecule is COc1ccc(CCNC(=O)CSc2ccc3nnc(-c4ccc(F)cc4)n3n2)cc1. The van der Waals surface area contributed by atoms with Crippen LogP contribution >= 0.6 is 11.8 Å². The van der Waals surface area contributed by atoms with Crippen molar-refractivity contribution < 1.29 is 13.9 Å². The van der Waals surface area contributed by atoms with Gasteiger partial charge in [-0.05, 0) is 60.5 Å². The molecule has 0 atom stereocenters. The van der Waals surface area contributed by atoms with Crippen molar-refractivity contribution >= 4 is 23.3 Å². The van der Waals surface area contributed by atoms with Crippen LogP contribution in [0.4, 0.5) is 4.39 Å². The molecule has 2 heterocycles. The molecule has 158 valence electrons. The van der Waals surface area contributed by atoms with Gasteiger partial charge in [0.05, 0.1) is 12.9 Å². The lowest BCUT2D eigenvalue weighted by molar-refractivity contribution is -0.118. The minimum absolute atomic E-state index is 0.0667. The number of rotatable bonds is 8. The predicted molar refractivity (Wildman–Crippen MR) is 117 cm³/mol. The minimum atomic E-state index is -0.320. The monoisotopic (exact) mass is 437 g/mol. The molecule has 9 heteroatoms. The van der Waals surface area contributed by atoms with Crippen LogP contribution in [0.3, 0.4) is 0 Å². The molecule has 0 fully saturated rings. The minimum Gasteiger partial charge on any atom is -0.497 e. The molecule has 0 aliphatic heterocycles. The Balaban J connectivity index is 1.33. The normalized spacial score (nSPS) is 10.9. The topological polar surface area (TPSA) is 81.4 Å². The Kier molecular flexibility index (Phi) is 6.42. The molecule has 0 spiro atoms. The number of thioether (sulfide) groups is 1. The second kappa shape index (κ2) is 9.57. The number of carbonyl (C=O) groups is 1. The quantitative estimate of drug-likeness (QED) is 0.426. The highest BCUT2D eigenvalue weighted by Crippen LogP contribution is 2.21. The highest BCUT2D eigenvalue weighted by Gasteiger charge is 2.11. The fourth-order valence-corrected chi connectivity index (χ4v) is 3.64. The summed E-state index contributed by atoms with van der Waals surface area (Å²) in [4.78, 5) is 12.2. The molecule has 0 aliphatic carbocycles. The van der Waals surface area contributed by atoms with Crippen LogP contribution in [-0.4, -0.2) is 45.1 Å². The van der Waals surface area contributed by atoms with E-state index in [0.29, 0.717) is 28.6 Å². The lowest BCUT2D eigenvalue weighted by Gasteiger charge is -2.06. The molecule has 0 radical (unpaired) electrons. The van der Waals surface area contributed by atoms with Crippen molar-refractivity contribution in [2.75, 3.05) is 19.4 Å². The Morgan fingerprint density at radius 3 is 2.58 bits per heavy atom. The van der Waals surface area contributed by atoms with Gasteiger partial charge in [-0.25, -0.2) is 4.39 Å². The molecule has 0 saturated carbocycles. The average molecular weight is 438 g/mol. The fraction of sp³-hybridized carbons (Fsp3) is 0.182. The van der Waals surface area contributed by atoms with Gasteiger partial charge in [-0.3, -0.25) is 4.79 Å². The smallest absolute Gasteiger partial charge is 0.230 e. The second-order valence-corrected chi connectivity index (χ2v) is 7.70. The predicted octanol–water partition coefficient (Wildman–Crippen LogP) is 3.39. The zero-order valence-electron chi connectivity index (χ0n) is 16.8. The van der Waals surface area contributed by atoms with Gasteiger partial charge in [-0.15, -0.1) is 10.2 Å². The van der Waals surface area contributed by atoms with Crippen molar-refractivity contribution in [1.82, 2.24) is 25.1 Å². The van der Waals surface area contributed by atoms with Gasteiger partial charge in [0, 0.05) is 12.1 Å². The molecule has 1 N–H and O–H groups in total. The summed E-state index contributed by atoms with van der Waals surface area (Å²) in [5, 5.41) is 16.3. The fourth-order valence-electron chi connectivity index (χ4n) is 2.96. The molecule has 4 rings (SSSR count). The van der Waals surface area contributed by atoms with E-state index in [2.05, 4.69) is 20.6 Å². The highest BCUT2D eigenvalue weighted by molar-refractivity contribution is 7.99. The van der Waals surface area contributed by atoms with Crippen LogP contribution in [0.5, 0.6) is 5.75 Å². The lowest BCUT2D eigenvalue weighted by Crippen LogP contribution is -2.27. The number of halogens is 1. The van der Waals surface area contributed by atoms with Crippen molar-refractivity contribution in [2.24, 2.45) is 0 Å². The summed E-state index contributed by atoms with van der Waals surface area (Å²) in [5.74, 6) is 1.18. The third-order valence-corrected chi connectivity index (χ3v) is 5.51. The maximum absolute atomic E-state index is 13.2. The second-order valence-electron chi connectivity index (χ2n) is 6.71. The first-order chi connectivity index (χ1) is 15.1. The molecular weight excluding hydrogens is 417 g/mol. The van der Waals surface area contributed by atoms with Crippen molar-refractivity contribution in [1.29, 1.82) is 0 Å². The summed E-state index contributed by atoms with van der Waals surface area (Å²) in [7, 11) is 1.63. The summed E-state index contributed by atoms with van der Waals surface area (Å²) in [6.07, 6.45) is 0.742. The largest absolute Gasteiger partial charge is 0.497 e. The van der Waals surface area contributed by atoms with E-state index in [1.807, 2.05) is 24.3 Å². The van der Waals surface area contributed by atoms with Crippen LogP contribution in [0.15, 0.2) is 65.7 Å². The Labute approximate surface area is 182 Å². The molecule has 0 saturated heterocycles. The number of benzene rings is 2. The number of nitrogens with one attached hydrogen (secondary N) is 1. The van der Waals surface area contributed by atoms with Crippen molar-refractivity contribution in [3.8, 4) is 17.1 Å². The number of hydrogen-bond acceptors (Lipinski definition) is 6. The lowest BCUT2D eigenvalue weighted by atomic mass is 10.1. The summed E-state index contributed by atoms with van der Waals surface area (Å²) < 4.78 is 19.9. The summed E-state index contributed by atoms with van der Waals surface area (Å²) in [6.45, 7) is 0.554. The molecule has 0 aliphatic rings. The zero-order chi connectivity index (χ0) is 21.6. The van der Waals surface area contributed by atoms with E-state index in [0.717, 1.165) is 17.7 Å². The number of amides is 1. The van der Waals surface area contributed by atoms with Crippen molar-refractivity contribution in [3.05, 3.63) is 72.0 Å². The summed E-state index contributed by atoms with van der Waals surface area (Å²) >= 11 is 1.33. The number of ether oxygens (including phenoxy) is 1. The van der Waals surface area contributed by atoms with Crippen LogP contribution in [0.2, 0.25) is 0 Å². The Bertz CT molecular complexity index is 1180. The van der Waals surface area contributed by atoms with Crippen molar-refractivity contribution in [2.45, 2.75) is 11.4 Å². The van der Waals surface area contributed by atoms with Gasteiger partial charge in [-0.2, -0.15) is 9.61 Å². The highest BCUT2D eigenvalue weighted by atomic mass is 32.2. The average Bonchev–Trinajstić information content (AvgIpc) is 3.22. The van der Waals surface area contributed by atoms with E-state index < -0.39 is 0 Å². The third-order valence-electron chi connectivity index (χ3n) is 4.59. The van der Waals surface area contributed by atoms with E-state index in [4.69, 9.17) is 4.74 Å². The van der Waals surface area contributed by atoms with E-state index >= 15 is 0 Å². The Morgan fingerprint density at radius 1 is 1.06 bits per heavy atom. The molecule has 2 aromatic heterocycles. The molecule has 7 nitrogen and oxygen atoms in total. The molecule has 1 amide bonds. The third kappa shape index (κ3) is 5.18. The molecule has 0 unspecified atom stereocenters. The number of carbonyl (C=O) groups excluding carboxylic acids is 1. The van der Waals surface area contributed by atoms with Gasteiger partial charge in [0.2, 0.25) is 5.91 Å². The molecule has 0 bridgehead atoms. The Hall–Kier alpha value is -3.46. The Morgan fingerprint density at radius 2 is 1.84 bits per heavy atom. The number of fused-ring (bicyclic) bond motifs is 1. The molecule has 4 aromatic rings. The van der Waals surface area contributed by atoms with Crippen LogP contribution in [-0.2, 0) is 11.2 Å². The van der Waals surface area contributed by atoms with Crippen LogP contribution in [0, 0.1) is 5.82 Å². The maximum Gasteiger partial charge on any atom is 0.230 e. The molecule has 2 aromatic carbocycles. The van der Waals surface area contributed by atoms with Crippen LogP contribution < -0.4 is 10.1 Å². The summed E-state index contributed by atoms with van der Waals surface area (Å²) in [6, 6.07) is 17.3. The van der Waals surface area contributed by atoms with E-state index in [1.54, 1.807) is 35.9 Å². The number of aromatic nitrogens is 4. The van der Waals surface area contributed by atoms with E-state index in [9.17, 15) is 9.18 Å². The maximum atomic E-state index is 13.2. The number of hydrogen-bond donors (Lipinski definition) is 1. The number of nitrogens with zero attached hydrogens (tertiary/aromatic N) is 4. The van der Waals surface area contributed by atoms with Gasteiger partial charge >= 0.3 is 0 Å². The van der Waals surface area contributed by atoms with E-state index in [-0.39, 0.29) is 17.5 Å². The van der Waals surface area contributed by atoms with Gasteiger partial charge in [0.1, 0.15) is 16.6 Å². The van der Waals surface area contributed by atoms with Crippen molar-refractivity contribution in [3.63, 3.8) is 0 Å². The zero-order valence-corrected chi connectivity index (χ0v) is 17.6. The first-order valence-corrected chi connectivity index (χ1v) is 10.6. The number of methoxy groups -OCH3 is 1. The van der Waals surface area contributed by atoms with Crippen LogP contribution in [0.1, 0.15) is 5.56 Å². The van der Waals surface area contributed by atoms with Gasteiger partial charge in [-0.1, -0.05) is 23.9 Å². The standard InChI is InChI=1S/C22H20FN5O2S/c1-30-18-8-2-15(3-9-18)12-13-24-20(29)14-31-21-11-10-19-25-26-22(28(19)27-21)16-4-6-17(23)7-5-16/h2-11H,12-14H2,1H3,(H,24,29). The first-order valence-electron chi connectivity index (χ1n) is 9.63. The molecule has 31 heavy (non-hydrogen) atoms. The van der Waals surface area contributed by atoms with E-state index in [1.165, 1.54) is 23.9 Å². The van der Waals surface area contributed by atoms with Gasteiger partial charge in [0.25, 0.3) is 0 Å².